The molecule has 0 amide bonds. The SMILES string of the molecule is C=C(C)C(=O)OCCSC(=O)SC1COCOC1. The summed E-state index contributed by atoms with van der Waals surface area (Å²) in [5.41, 5.74) is 0.359. The van der Waals surface area contributed by atoms with E-state index in [0.29, 0.717) is 31.3 Å². The molecule has 1 heterocycles. The Morgan fingerprint density at radius 1 is 1.39 bits per heavy atom. The van der Waals surface area contributed by atoms with Crippen molar-refractivity contribution >= 4 is 33.9 Å². The maximum absolute atomic E-state index is 11.5. The largest absolute Gasteiger partial charge is 0.461 e. The highest BCUT2D eigenvalue weighted by Crippen LogP contribution is 2.23. The fourth-order valence-corrected chi connectivity index (χ4v) is 2.95. The van der Waals surface area contributed by atoms with E-state index in [0.717, 1.165) is 11.8 Å². The van der Waals surface area contributed by atoms with Crippen LogP contribution in [0.5, 0.6) is 0 Å². The lowest BCUT2D eigenvalue weighted by atomic mass is 10.4. The summed E-state index contributed by atoms with van der Waals surface area (Å²) in [6, 6.07) is 0. The van der Waals surface area contributed by atoms with Gasteiger partial charge in [0.15, 0.2) is 0 Å². The summed E-state index contributed by atoms with van der Waals surface area (Å²) in [7, 11) is 0. The van der Waals surface area contributed by atoms with Gasteiger partial charge in [-0.1, -0.05) is 30.1 Å². The van der Waals surface area contributed by atoms with Crippen molar-refractivity contribution in [3.05, 3.63) is 12.2 Å². The molecule has 18 heavy (non-hydrogen) atoms. The Balaban J connectivity index is 2.06. The van der Waals surface area contributed by atoms with Crippen LogP contribution < -0.4 is 0 Å². The third-order valence-corrected chi connectivity index (χ3v) is 3.97. The quantitative estimate of drug-likeness (QED) is 0.436. The predicted octanol–water partition coefficient (Wildman–Crippen LogP) is 2.06. The van der Waals surface area contributed by atoms with Crippen LogP contribution in [0.4, 0.5) is 4.79 Å². The van der Waals surface area contributed by atoms with Crippen LogP contribution in [-0.4, -0.2) is 48.0 Å². The highest BCUT2D eigenvalue weighted by Gasteiger charge is 2.19. The van der Waals surface area contributed by atoms with Crippen LogP contribution in [0.25, 0.3) is 0 Å². The third-order valence-electron chi connectivity index (χ3n) is 1.92. The smallest absolute Gasteiger partial charge is 0.333 e. The molecule has 1 rings (SSSR count). The molecule has 0 aliphatic carbocycles. The molecular weight excluding hydrogens is 276 g/mol. The van der Waals surface area contributed by atoms with Crippen LogP contribution >= 0.6 is 23.5 Å². The van der Waals surface area contributed by atoms with Gasteiger partial charge in [-0.3, -0.25) is 4.79 Å². The summed E-state index contributed by atoms with van der Waals surface area (Å²) >= 11 is 2.33. The van der Waals surface area contributed by atoms with Crippen molar-refractivity contribution in [1.29, 1.82) is 0 Å². The molecule has 0 aromatic heterocycles. The zero-order valence-electron chi connectivity index (χ0n) is 10.2. The highest BCUT2D eigenvalue weighted by atomic mass is 32.2. The van der Waals surface area contributed by atoms with E-state index in [1.165, 1.54) is 11.8 Å². The molecule has 0 bridgehead atoms. The first-order chi connectivity index (χ1) is 8.59. The molecule has 0 aromatic rings. The van der Waals surface area contributed by atoms with Crippen LogP contribution in [0.3, 0.4) is 0 Å². The van der Waals surface area contributed by atoms with Crippen LogP contribution in [-0.2, 0) is 19.0 Å². The summed E-state index contributed by atoms with van der Waals surface area (Å²) in [4.78, 5) is 22.6. The first-order valence-electron chi connectivity index (χ1n) is 5.41. The monoisotopic (exact) mass is 292 g/mol. The molecule has 102 valence electrons. The van der Waals surface area contributed by atoms with Gasteiger partial charge in [-0.15, -0.1) is 0 Å². The summed E-state index contributed by atoms with van der Waals surface area (Å²) in [6.07, 6.45) is 0. The van der Waals surface area contributed by atoms with Crippen molar-refractivity contribution in [2.75, 3.05) is 32.4 Å². The Hall–Kier alpha value is -0.500. The molecule has 7 heteroatoms. The van der Waals surface area contributed by atoms with Gasteiger partial charge in [0.05, 0.1) is 18.5 Å². The van der Waals surface area contributed by atoms with E-state index in [1.54, 1.807) is 6.92 Å². The van der Waals surface area contributed by atoms with Crippen LogP contribution in [0.1, 0.15) is 6.92 Å². The lowest BCUT2D eigenvalue weighted by molar-refractivity contribution is -0.138. The first kappa shape index (κ1) is 15.6. The summed E-state index contributed by atoms with van der Waals surface area (Å²) in [6.45, 7) is 6.62. The second-order valence-electron chi connectivity index (χ2n) is 3.61. The number of thioether (sulfide) groups is 2. The van der Waals surface area contributed by atoms with Crippen molar-refractivity contribution in [3.8, 4) is 0 Å². The number of rotatable bonds is 5. The number of hydrogen-bond donors (Lipinski definition) is 0. The van der Waals surface area contributed by atoms with Gasteiger partial charge in [0, 0.05) is 11.3 Å². The average molecular weight is 292 g/mol. The van der Waals surface area contributed by atoms with Crippen LogP contribution in [0, 0.1) is 0 Å². The van der Waals surface area contributed by atoms with Crippen LogP contribution in [0.15, 0.2) is 12.2 Å². The van der Waals surface area contributed by atoms with Crippen molar-refractivity contribution in [3.63, 3.8) is 0 Å². The maximum Gasteiger partial charge on any atom is 0.333 e. The van der Waals surface area contributed by atoms with Gasteiger partial charge in [-0.25, -0.2) is 4.79 Å². The van der Waals surface area contributed by atoms with Gasteiger partial charge in [0.25, 0.3) is 0 Å². The molecule has 0 N–H and O–H groups in total. The predicted molar refractivity (Wildman–Crippen MR) is 71.8 cm³/mol. The van der Waals surface area contributed by atoms with Crippen molar-refractivity contribution in [2.45, 2.75) is 12.2 Å². The first-order valence-corrected chi connectivity index (χ1v) is 7.27. The zero-order valence-corrected chi connectivity index (χ0v) is 11.8. The van der Waals surface area contributed by atoms with E-state index in [4.69, 9.17) is 14.2 Å². The van der Waals surface area contributed by atoms with Gasteiger partial charge < -0.3 is 14.2 Å². The Bertz CT molecular complexity index is 313. The summed E-state index contributed by atoms with van der Waals surface area (Å²) in [5, 5.41) is 0.0525. The van der Waals surface area contributed by atoms with Crippen molar-refractivity contribution in [1.82, 2.24) is 0 Å². The molecule has 0 spiro atoms. The summed E-state index contributed by atoms with van der Waals surface area (Å²) in [5.74, 6) is 0.0176. The fourth-order valence-electron chi connectivity index (χ4n) is 1.09. The van der Waals surface area contributed by atoms with Gasteiger partial charge in [0.1, 0.15) is 13.4 Å². The normalized spacial score (nSPS) is 16.3. The number of carbonyl (C=O) groups excluding carboxylic acids is 2. The Morgan fingerprint density at radius 3 is 2.67 bits per heavy atom. The van der Waals surface area contributed by atoms with Gasteiger partial charge >= 0.3 is 5.97 Å². The minimum absolute atomic E-state index is 0.0135. The number of carbonyl (C=O) groups is 2. The van der Waals surface area contributed by atoms with Crippen molar-refractivity contribution in [2.24, 2.45) is 0 Å². The van der Waals surface area contributed by atoms with E-state index in [2.05, 4.69) is 6.58 Å². The molecule has 0 atom stereocenters. The second kappa shape index (κ2) is 8.58. The Kier molecular flexibility index (Phi) is 7.41. The van der Waals surface area contributed by atoms with Gasteiger partial charge in [-0.05, 0) is 6.92 Å². The number of hydrogen-bond acceptors (Lipinski definition) is 7. The Labute approximate surface area is 115 Å². The van der Waals surface area contributed by atoms with Gasteiger partial charge in [0.2, 0.25) is 4.45 Å². The number of ether oxygens (including phenoxy) is 3. The molecule has 5 nitrogen and oxygen atoms in total. The molecule has 1 aliphatic rings. The van der Waals surface area contributed by atoms with E-state index in [1.807, 2.05) is 0 Å². The zero-order chi connectivity index (χ0) is 13.4. The van der Waals surface area contributed by atoms with E-state index in [-0.39, 0.29) is 16.3 Å². The molecular formula is C11H16O5S2. The average Bonchev–Trinajstić information content (AvgIpc) is 2.35. The minimum atomic E-state index is -0.426. The highest BCUT2D eigenvalue weighted by molar-refractivity contribution is 8.38. The molecule has 1 aliphatic heterocycles. The van der Waals surface area contributed by atoms with Crippen LogP contribution in [0.2, 0.25) is 0 Å². The van der Waals surface area contributed by atoms with E-state index >= 15 is 0 Å². The Morgan fingerprint density at radius 2 is 2.06 bits per heavy atom. The van der Waals surface area contributed by atoms with E-state index in [9.17, 15) is 9.59 Å². The van der Waals surface area contributed by atoms with Crippen molar-refractivity contribution < 1.29 is 23.8 Å². The molecule has 0 unspecified atom stereocenters. The van der Waals surface area contributed by atoms with E-state index < -0.39 is 5.97 Å². The molecule has 0 radical (unpaired) electrons. The molecule has 1 saturated heterocycles. The maximum atomic E-state index is 11.5. The topological polar surface area (TPSA) is 61.8 Å². The summed E-state index contributed by atoms with van der Waals surface area (Å²) < 4.78 is 15.0. The number of esters is 1. The molecule has 1 fully saturated rings. The fraction of sp³-hybridized carbons (Fsp3) is 0.636. The van der Waals surface area contributed by atoms with Gasteiger partial charge in [-0.2, -0.15) is 0 Å². The lowest BCUT2D eigenvalue weighted by Gasteiger charge is -2.20. The lowest BCUT2D eigenvalue weighted by Crippen LogP contribution is -2.27. The molecule has 0 aromatic carbocycles. The third kappa shape index (κ3) is 6.44. The molecule has 0 saturated carbocycles. The second-order valence-corrected chi connectivity index (χ2v) is 6.21. The standard InChI is InChI=1S/C11H16O5S2/c1-8(2)10(12)16-3-4-17-11(13)18-9-5-14-7-15-6-9/h9H,1,3-7H2,2H3. The minimum Gasteiger partial charge on any atom is -0.461 e.